The van der Waals surface area contributed by atoms with Crippen LogP contribution in [-0.2, 0) is 16.1 Å². The third-order valence-corrected chi connectivity index (χ3v) is 5.54. The number of hydrogen-bond donors (Lipinski definition) is 2. The molecule has 6 nitrogen and oxygen atoms in total. The monoisotopic (exact) mass is 449 g/mol. The van der Waals surface area contributed by atoms with Gasteiger partial charge in [0.2, 0.25) is 0 Å². The van der Waals surface area contributed by atoms with E-state index in [4.69, 9.17) is 27.9 Å². The molecule has 30 heavy (non-hydrogen) atoms. The molecule has 160 valence electrons. The Labute approximate surface area is 186 Å². The van der Waals surface area contributed by atoms with Crippen molar-refractivity contribution in [2.45, 2.75) is 25.8 Å². The van der Waals surface area contributed by atoms with Crippen molar-refractivity contribution >= 4 is 40.9 Å². The number of likely N-dealkylation sites (N-methyl/N-ethyl adjacent to an activating group) is 1. The van der Waals surface area contributed by atoms with Crippen molar-refractivity contribution in [3.63, 3.8) is 0 Å². The molecular weight excluding hydrogens is 425 g/mol. The summed E-state index contributed by atoms with van der Waals surface area (Å²) in [5.41, 5.74) is 4.03. The maximum absolute atomic E-state index is 12.0. The van der Waals surface area contributed by atoms with Crippen LogP contribution in [0.1, 0.15) is 36.0 Å². The second kappa shape index (κ2) is 10.2. The molecule has 1 aliphatic rings. The zero-order valence-electron chi connectivity index (χ0n) is 17.0. The molecule has 2 amide bonds. The molecule has 2 aromatic rings. The highest BCUT2D eigenvalue weighted by Crippen LogP contribution is 2.38. The second-order valence-electron chi connectivity index (χ2n) is 7.26. The highest BCUT2D eigenvalue weighted by atomic mass is 35.5. The van der Waals surface area contributed by atoms with Crippen molar-refractivity contribution in [2.24, 2.45) is 0 Å². The molecule has 3 rings (SSSR count). The van der Waals surface area contributed by atoms with Gasteiger partial charge in [-0.2, -0.15) is 0 Å². The van der Waals surface area contributed by atoms with Gasteiger partial charge in [-0.1, -0.05) is 35.3 Å². The van der Waals surface area contributed by atoms with Crippen molar-refractivity contribution in [2.75, 3.05) is 32.1 Å². The maximum atomic E-state index is 12.0. The highest BCUT2D eigenvalue weighted by Gasteiger charge is 2.27. The van der Waals surface area contributed by atoms with Gasteiger partial charge in [-0.05, 0) is 54.9 Å². The van der Waals surface area contributed by atoms with Gasteiger partial charge in [0.05, 0.1) is 13.0 Å². The lowest BCUT2D eigenvalue weighted by Gasteiger charge is -2.33. The number of amides is 2. The molecule has 8 heteroatoms. The van der Waals surface area contributed by atoms with Crippen LogP contribution in [0.3, 0.4) is 0 Å². The predicted molar refractivity (Wildman–Crippen MR) is 119 cm³/mol. The van der Waals surface area contributed by atoms with Crippen molar-refractivity contribution in [1.29, 1.82) is 0 Å². The number of carbonyl (C=O) groups is 2. The minimum atomic E-state index is -0.367. The molecule has 0 fully saturated rings. The minimum Gasteiger partial charge on any atom is -0.466 e. The number of esters is 1. The van der Waals surface area contributed by atoms with Gasteiger partial charge in [0, 0.05) is 41.3 Å². The Morgan fingerprint density at radius 3 is 2.63 bits per heavy atom. The van der Waals surface area contributed by atoms with Crippen LogP contribution in [0.15, 0.2) is 36.4 Å². The van der Waals surface area contributed by atoms with Gasteiger partial charge < -0.3 is 20.3 Å². The van der Waals surface area contributed by atoms with Crippen LogP contribution in [0.2, 0.25) is 10.0 Å². The van der Waals surface area contributed by atoms with Crippen LogP contribution in [0, 0.1) is 0 Å². The zero-order valence-corrected chi connectivity index (χ0v) is 18.5. The Morgan fingerprint density at radius 1 is 1.20 bits per heavy atom. The number of benzene rings is 2. The van der Waals surface area contributed by atoms with Gasteiger partial charge >= 0.3 is 12.0 Å². The molecule has 1 heterocycles. The number of halogens is 2. The summed E-state index contributed by atoms with van der Waals surface area (Å²) in [4.78, 5) is 25.6. The Bertz CT molecular complexity index is 919. The number of urea groups is 1. The van der Waals surface area contributed by atoms with E-state index in [0.29, 0.717) is 22.3 Å². The van der Waals surface area contributed by atoms with Gasteiger partial charge in [-0.3, -0.25) is 4.79 Å². The van der Waals surface area contributed by atoms with E-state index in [1.165, 1.54) is 0 Å². The number of ether oxygens (including phenoxy) is 1. The normalized spacial score (nSPS) is 15.9. The summed E-state index contributed by atoms with van der Waals surface area (Å²) in [5.74, 6) is -0.192. The first-order chi connectivity index (χ1) is 14.4. The Kier molecular flexibility index (Phi) is 7.58. The molecule has 1 atom stereocenters. The molecule has 2 N–H and O–H groups in total. The highest BCUT2D eigenvalue weighted by molar-refractivity contribution is 6.35. The second-order valence-corrected chi connectivity index (χ2v) is 8.11. The molecule has 0 aliphatic carbocycles. The fourth-order valence-electron chi connectivity index (χ4n) is 3.62. The van der Waals surface area contributed by atoms with Crippen molar-refractivity contribution in [3.8, 4) is 0 Å². The summed E-state index contributed by atoms with van der Waals surface area (Å²) < 4.78 is 4.83. The molecule has 0 aromatic heterocycles. The van der Waals surface area contributed by atoms with E-state index in [9.17, 15) is 9.59 Å². The SMILES string of the molecule is CCOC(=O)CCNC(=O)Nc1ccc(C2CN(C)Cc3c(Cl)cc(Cl)cc32)cc1. The average molecular weight is 450 g/mol. The molecule has 1 unspecified atom stereocenters. The lowest BCUT2D eigenvalue weighted by atomic mass is 9.85. The predicted octanol–water partition coefficient (Wildman–Crippen LogP) is 4.65. The van der Waals surface area contributed by atoms with E-state index in [1.807, 2.05) is 30.3 Å². The number of rotatable bonds is 6. The van der Waals surface area contributed by atoms with Gasteiger partial charge in [-0.15, -0.1) is 0 Å². The van der Waals surface area contributed by atoms with Crippen LogP contribution < -0.4 is 10.6 Å². The lowest BCUT2D eigenvalue weighted by molar-refractivity contribution is -0.142. The Balaban J connectivity index is 1.65. The van der Waals surface area contributed by atoms with Gasteiger partial charge in [0.25, 0.3) is 0 Å². The number of carbonyl (C=O) groups excluding carboxylic acids is 2. The third kappa shape index (κ3) is 5.65. The molecule has 0 radical (unpaired) electrons. The van der Waals surface area contributed by atoms with Crippen molar-refractivity contribution in [3.05, 3.63) is 63.1 Å². The zero-order chi connectivity index (χ0) is 21.7. The maximum Gasteiger partial charge on any atom is 0.319 e. The van der Waals surface area contributed by atoms with E-state index < -0.39 is 0 Å². The first-order valence-corrected chi connectivity index (χ1v) is 10.6. The van der Waals surface area contributed by atoms with E-state index in [0.717, 1.165) is 29.8 Å². The Hall–Kier alpha value is -2.28. The third-order valence-electron chi connectivity index (χ3n) is 4.98. The summed E-state index contributed by atoms with van der Waals surface area (Å²) in [6.07, 6.45) is 0.139. The average Bonchev–Trinajstić information content (AvgIpc) is 2.69. The van der Waals surface area contributed by atoms with E-state index in [2.05, 4.69) is 22.6 Å². The smallest absolute Gasteiger partial charge is 0.319 e. The van der Waals surface area contributed by atoms with Crippen LogP contribution >= 0.6 is 23.2 Å². The number of hydrogen-bond acceptors (Lipinski definition) is 4. The number of nitrogens with zero attached hydrogens (tertiary/aromatic N) is 1. The van der Waals surface area contributed by atoms with E-state index >= 15 is 0 Å². The molecule has 1 aliphatic heterocycles. The molecule has 0 bridgehead atoms. The summed E-state index contributed by atoms with van der Waals surface area (Å²) in [5, 5.41) is 6.73. The molecule has 0 spiro atoms. The number of anilines is 1. The number of fused-ring (bicyclic) bond motifs is 1. The van der Waals surface area contributed by atoms with Crippen LogP contribution in [0.5, 0.6) is 0 Å². The molecule has 0 saturated heterocycles. The first kappa shape index (κ1) is 22.4. The Morgan fingerprint density at radius 2 is 1.93 bits per heavy atom. The van der Waals surface area contributed by atoms with Crippen LogP contribution in [0.4, 0.5) is 10.5 Å². The molecule has 0 saturated carbocycles. The summed E-state index contributed by atoms with van der Waals surface area (Å²) in [6, 6.07) is 11.1. The summed E-state index contributed by atoms with van der Waals surface area (Å²) >= 11 is 12.7. The fraction of sp³-hybridized carbons (Fsp3) is 0.364. The van der Waals surface area contributed by atoms with Gasteiger partial charge in [0.1, 0.15) is 0 Å². The quantitative estimate of drug-likeness (QED) is 0.629. The van der Waals surface area contributed by atoms with Crippen LogP contribution in [-0.4, -0.2) is 43.6 Å². The van der Waals surface area contributed by atoms with E-state index in [1.54, 1.807) is 13.0 Å². The fourth-order valence-corrected chi connectivity index (χ4v) is 4.18. The summed E-state index contributed by atoms with van der Waals surface area (Å²) in [7, 11) is 2.07. The standard InChI is InChI=1S/C22H25Cl2N3O3/c1-3-30-21(28)8-9-25-22(29)26-16-6-4-14(5-7-16)18-12-27(2)13-19-17(18)10-15(23)11-20(19)24/h4-7,10-11,18H,3,8-9,12-13H2,1-2H3,(H2,25,26,29). The largest absolute Gasteiger partial charge is 0.466 e. The minimum absolute atomic E-state index is 0.139. The van der Waals surface area contributed by atoms with Crippen LogP contribution in [0.25, 0.3) is 0 Å². The van der Waals surface area contributed by atoms with E-state index in [-0.39, 0.29) is 30.9 Å². The molecular formula is C22H25Cl2N3O3. The first-order valence-electron chi connectivity index (χ1n) is 9.84. The van der Waals surface area contributed by atoms with Gasteiger partial charge in [-0.25, -0.2) is 4.79 Å². The number of nitrogens with one attached hydrogen (secondary N) is 2. The lowest BCUT2D eigenvalue weighted by Crippen LogP contribution is -2.31. The molecule has 2 aromatic carbocycles. The van der Waals surface area contributed by atoms with Gasteiger partial charge in [0.15, 0.2) is 0 Å². The topological polar surface area (TPSA) is 70.7 Å². The summed E-state index contributed by atoms with van der Waals surface area (Å²) in [6.45, 7) is 3.93. The van der Waals surface area contributed by atoms with Crippen molar-refractivity contribution in [1.82, 2.24) is 10.2 Å². The van der Waals surface area contributed by atoms with Crippen molar-refractivity contribution < 1.29 is 14.3 Å².